The lowest BCUT2D eigenvalue weighted by Gasteiger charge is -2.18. The van der Waals surface area contributed by atoms with Crippen molar-refractivity contribution in [2.24, 2.45) is 0 Å². The smallest absolute Gasteiger partial charge is 0.122 e. The van der Waals surface area contributed by atoms with Crippen LogP contribution in [-0.4, -0.2) is 40.4 Å². The van der Waals surface area contributed by atoms with Crippen LogP contribution in [-0.2, 0) is 6.54 Å². The number of aliphatic hydroxyl groups excluding tert-OH is 1. The van der Waals surface area contributed by atoms with E-state index in [0.717, 1.165) is 23.2 Å². The van der Waals surface area contributed by atoms with Crippen LogP contribution < -0.4 is 0 Å². The molecule has 0 fully saturated rings. The van der Waals surface area contributed by atoms with Crippen LogP contribution in [0.15, 0.2) is 24.4 Å². The van der Waals surface area contributed by atoms with Crippen molar-refractivity contribution in [1.82, 2.24) is 14.7 Å². The third-order valence-corrected chi connectivity index (χ3v) is 3.87. The van der Waals surface area contributed by atoms with Gasteiger partial charge in [-0.2, -0.15) is 5.10 Å². The third-order valence-electron chi connectivity index (χ3n) is 3.58. The standard InChI is InChI=1S/C16H22ClN3O/c1-11-5-6-12(2)13(9-11)16(21)15-14(17)10-18-20(15)8-7-19(3)4/h5-6,9-10,16,21H,7-8H2,1-4H3. The molecule has 114 valence electrons. The fraction of sp³-hybridized carbons (Fsp3) is 0.438. The SMILES string of the molecule is Cc1ccc(C)c(C(O)c2c(Cl)cnn2CCN(C)C)c1. The molecule has 0 bridgehead atoms. The molecule has 1 aromatic carbocycles. The molecule has 0 saturated heterocycles. The molecule has 2 rings (SSSR count). The first kappa shape index (κ1) is 16.0. The first-order valence-electron chi connectivity index (χ1n) is 7.01. The number of aryl methyl sites for hydroxylation is 2. The van der Waals surface area contributed by atoms with Crippen LogP contribution in [0.2, 0.25) is 5.02 Å². The van der Waals surface area contributed by atoms with Gasteiger partial charge in [0.15, 0.2) is 0 Å². The van der Waals surface area contributed by atoms with Crippen molar-refractivity contribution in [1.29, 1.82) is 0 Å². The third kappa shape index (κ3) is 3.64. The fourth-order valence-electron chi connectivity index (χ4n) is 2.32. The largest absolute Gasteiger partial charge is 0.382 e. The summed E-state index contributed by atoms with van der Waals surface area (Å²) >= 11 is 6.24. The van der Waals surface area contributed by atoms with Gasteiger partial charge in [0.1, 0.15) is 6.10 Å². The van der Waals surface area contributed by atoms with Crippen LogP contribution in [0.25, 0.3) is 0 Å². The average molecular weight is 308 g/mol. The summed E-state index contributed by atoms with van der Waals surface area (Å²) in [6, 6.07) is 6.05. The van der Waals surface area contributed by atoms with Gasteiger partial charge >= 0.3 is 0 Å². The number of nitrogens with zero attached hydrogens (tertiary/aromatic N) is 3. The second-order valence-corrected chi connectivity index (χ2v) is 6.07. The number of aliphatic hydroxyl groups is 1. The molecule has 2 aromatic rings. The van der Waals surface area contributed by atoms with E-state index in [9.17, 15) is 5.11 Å². The number of aromatic nitrogens is 2. The maximum absolute atomic E-state index is 10.8. The average Bonchev–Trinajstić information content (AvgIpc) is 2.79. The Morgan fingerprint density at radius 2 is 2.05 bits per heavy atom. The maximum Gasteiger partial charge on any atom is 0.122 e. The summed E-state index contributed by atoms with van der Waals surface area (Å²) in [5, 5.41) is 15.5. The number of rotatable bonds is 5. The Labute approximate surface area is 131 Å². The predicted octanol–water partition coefficient (Wildman–Crippen LogP) is 2.80. The van der Waals surface area contributed by atoms with Crippen LogP contribution in [0.5, 0.6) is 0 Å². The Morgan fingerprint density at radius 1 is 1.33 bits per heavy atom. The van der Waals surface area contributed by atoms with E-state index in [1.807, 2.05) is 46.1 Å². The van der Waals surface area contributed by atoms with Crippen LogP contribution in [0.1, 0.15) is 28.5 Å². The Hall–Kier alpha value is -1.36. The van der Waals surface area contributed by atoms with Gasteiger partial charge in [-0.15, -0.1) is 0 Å². The highest BCUT2D eigenvalue weighted by atomic mass is 35.5. The van der Waals surface area contributed by atoms with Crippen molar-refractivity contribution in [2.45, 2.75) is 26.5 Å². The Bertz CT molecular complexity index is 622. The minimum absolute atomic E-state index is 0.502. The van der Waals surface area contributed by atoms with Crippen molar-refractivity contribution < 1.29 is 5.11 Å². The molecule has 0 aliphatic heterocycles. The summed E-state index contributed by atoms with van der Waals surface area (Å²) in [5.41, 5.74) is 3.70. The van der Waals surface area contributed by atoms with Crippen molar-refractivity contribution in [3.63, 3.8) is 0 Å². The van der Waals surface area contributed by atoms with Crippen molar-refractivity contribution in [2.75, 3.05) is 20.6 Å². The molecule has 1 unspecified atom stereocenters. The van der Waals surface area contributed by atoms with E-state index in [-0.39, 0.29) is 0 Å². The number of halogens is 1. The molecule has 1 N–H and O–H groups in total. The van der Waals surface area contributed by atoms with E-state index >= 15 is 0 Å². The molecule has 4 nitrogen and oxygen atoms in total. The zero-order chi connectivity index (χ0) is 15.6. The minimum atomic E-state index is -0.762. The molecular weight excluding hydrogens is 286 g/mol. The number of benzene rings is 1. The molecule has 0 spiro atoms. The lowest BCUT2D eigenvalue weighted by Crippen LogP contribution is -2.21. The van der Waals surface area contributed by atoms with Crippen LogP contribution >= 0.6 is 11.6 Å². The summed E-state index contributed by atoms with van der Waals surface area (Å²) in [6.45, 7) is 5.54. The lowest BCUT2D eigenvalue weighted by atomic mass is 9.99. The monoisotopic (exact) mass is 307 g/mol. The van der Waals surface area contributed by atoms with Crippen LogP contribution in [0.3, 0.4) is 0 Å². The van der Waals surface area contributed by atoms with Gasteiger partial charge in [0, 0.05) is 6.54 Å². The normalized spacial score (nSPS) is 12.9. The molecule has 0 radical (unpaired) electrons. The van der Waals surface area contributed by atoms with Crippen LogP contribution in [0, 0.1) is 13.8 Å². The van der Waals surface area contributed by atoms with E-state index in [2.05, 4.69) is 10.00 Å². The van der Waals surface area contributed by atoms with Crippen molar-refractivity contribution in [3.8, 4) is 0 Å². The second-order valence-electron chi connectivity index (χ2n) is 5.67. The van der Waals surface area contributed by atoms with Crippen molar-refractivity contribution in [3.05, 3.63) is 51.8 Å². The van der Waals surface area contributed by atoms with Gasteiger partial charge < -0.3 is 10.0 Å². The summed E-state index contributed by atoms with van der Waals surface area (Å²) in [7, 11) is 4.01. The van der Waals surface area contributed by atoms with Gasteiger partial charge in [0.2, 0.25) is 0 Å². The summed E-state index contributed by atoms with van der Waals surface area (Å²) < 4.78 is 1.79. The molecular formula is C16H22ClN3O. The summed E-state index contributed by atoms with van der Waals surface area (Å²) in [4.78, 5) is 2.07. The Morgan fingerprint density at radius 3 is 2.71 bits per heavy atom. The molecule has 1 aromatic heterocycles. The molecule has 0 aliphatic carbocycles. The molecule has 0 aliphatic rings. The van der Waals surface area contributed by atoms with Gasteiger partial charge in [0.25, 0.3) is 0 Å². The van der Waals surface area contributed by atoms with E-state index in [1.165, 1.54) is 0 Å². The lowest BCUT2D eigenvalue weighted by molar-refractivity contribution is 0.205. The van der Waals surface area contributed by atoms with E-state index < -0.39 is 6.10 Å². The van der Waals surface area contributed by atoms with Gasteiger partial charge in [-0.25, -0.2) is 0 Å². The zero-order valence-electron chi connectivity index (χ0n) is 13.0. The van der Waals surface area contributed by atoms with E-state index in [4.69, 9.17) is 11.6 Å². The highest BCUT2D eigenvalue weighted by Crippen LogP contribution is 2.30. The number of hydrogen-bond acceptors (Lipinski definition) is 3. The maximum atomic E-state index is 10.8. The zero-order valence-corrected chi connectivity index (χ0v) is 13.7. The van der Waals surface area contributed by atoms with Gasteiger partial charge in [-0.3, -0.25) is 4.68 Å². The summed E-state index contributed by atoms with van der Waals surface area (Å²) in [5.74, 6) is 0. The quantitative estimate of drug-likeness (QED) is 0.923. The van der Waals surface area contributed by atoms with Crippen LogP contribution in [0.4, 0.5) is 0 Å². The first-order chi connectivity index (χ1) is 9.90. The number of hydrogen-bond donors (Lipinski definition) is 1. The topological polar surface area (TPSA) is 41.3 Å². The molecule has 21 heavy (non-hydrogen) atoms. The predicted molar refractivity (Wildman–Crippen MR) is 85.8 cm³/mol. The first-order valence-corrected chi connectivity index (χ1v) is 7.39. The van der Waals surface area contributed by atoms with Crippen molar-refractivity contribution >= 4 is 11.6 Å². The second kappa shape index (κ2) is 6.60. The molecule has 0 saturated carbocycles. The van der Waals surface area contributed by atoms with E-state index in [0.29, 0.717) is 17.3 Å². The van der Waals surface area contributed by atoms with Gasteiger partial charge in [0.05, 0.1) is 23.5 Å². The fourth-order valence-corrected chi connectivity index (χ4v) is 2.56. The number of likely N-dealkylation sites (N-methyl/N-ethyl adjacent to an activating group) is 1. The molecule has 1 atom stereocenters. The highest BCUT2D eigenvalue weighted by Gasteiger charge is 2.21. The molecule has 1 heterocycles. The highest BCUT2D eigenvalue weighted by molar-refractivity contribution is 6.31. The Kier molecular flexibility index (Phi) is 5.04. The van der Waals surface area contributed by atoms with Gasteiger partial charge in [-0.05, 0) is 39.1 Å². The summed E-state index contributed by atoms with van der Waals surface area (Å²) in [6.07, 6.45) is 0.836. The van der Waals surface area contributed by atoms with Gasteiger partial charge in [-0.1, -0.05) is 35.4 Å². The van der Waals surface area contributed by atoms with E-state index in [1.54, 1.807) is 10.9 Å². The minimum Gasteiger partial charge on any atom is -0.382 e. The molecule has 0 amide bonds. The Balaban J connectivity index is 2.36. The molecule has 5 heteroatoms.